The number of nitrogens with one attached hydrogen (secondary N) is 1. The lowest BCUT2D eigenvalue weighted by molar-refractivity contribution is 0.581. The summed E-state index contributed by atoms with van der Waals surface area (Å²) < 4.78 is 29.4. The Kier molecular flexibility index (Phi) is 5.47. The van der Waals surface area contributed by atoms with Gasteiger partial charge in [0.05, 0.1) is 16.0 Å². The molecule has 4 aromatic rings. The van der Waals surface area contributed by atoms with E-state index in [1.807, 2.05) is 50.2 Å². The summed E-state index contributed by atoms with van der Waals surface area (Å²) in [5, 5.41) is 5.83. The molecule has 31 heavy (non-hydrogen) atoms. The van der Waals surface area contributed by atoms with Crippen LogP contribution in [0.1, 0.15) is 16.7 Å². The van der Waals surface area contributed by atoms with Gasteiger partial charge in [0.15, 0.2) is 0 Å². The fourth-order valence-corrected chi connectivity index (χ4v) is 4.50. The van der Waals surface area contributed by atoms with Crippen LogP contribution in [-0.4, -0.2) is 18.2 Å². The van der Waals surface area contributed by atoms with E-state index in [0.717, 1.165) is 27.6 Å². The zero-order valence-electron chi connectivity index (χ0n) is 17.6. The number of hydrogen-bond donors (Lipinski definition) is 1. The first-order valence-corrected chi connectivity index (χ1v) is 11.4. The molecule has 0 saturated carbocycles. The highest BCUT2D eigenvalue weighted by Crippen LogP contribution is 2.26. The molecule has 4 rings (SSSR count). The van der Waals surface area contributed by atoms with Crippen LogP contribution in [0.2, 0.25) is 0 Å². The lowest BCUT2D eigenvalue weighted by Crippen LogP contribution is -2.23. The number of benzene rings is 3. The molecular weight excluding hydrogens is 410 g/mol. The second-order valence-electron chi connectivity index (χ2n) is 7.60. The van der Waals surface area contributed by atoms with Crippen molar-refractivity contribution in [1.29, 1.82) is 0 Å². The van der Waals surface area contributed by atoms with Crippen molar-refractivity contribution in [2.24, 2.45) is 7.05 Å². The fourth-order valence-electron chi connectivity index (χ4n) is 3.50. The van der Waals surface area contributed by atoms with Crippen LogP contribution in [0.15, 0.2) is 76.4 Å². The van der Waals surface area contributed by atoms with Crippen molar-refractivity contribution >= 4 is 20.8 Å². The Morgan fingerprint density at radius 3 is 2.32 bits per heavy atom. The van der Waals surface area contributed by atoms with E-state index < -0.39 is 10.0 Å². The van der Waals surface area contributed by atoms with Gasteiger partial charge in [-0.3, -0.25) is 4.79 Å². The molecule has 158 valence electrons. The van der Waals surface area contributed by atoms with Gasteiger partial charge in [-0.25, -0.2) is 17.8 Å². The molecule has 0 unspecified atom stereocenters. The molecule has 1 aromatic heterocycles. The number of nitrogens with zero attached hydrogens (tertiary/aromatic N) is 2. The van der Waals surface area contributed by atoms with E-state index in [9.17, 15) is 13.2 Å². The molecule has 0 bridgehead atoms. The zero-order chi connectivity index (χ0) is 22.2. The third-order valence-electron chi connectivity index (χ3n) is 5.36. The maximum atomic E-state index is 12.7. The molecule has 1 heterocycles. The molecule has 3 aromatic carbocycles. The number of aromatic nitrogens is 2. The zero-order valence-corrected chi connectivity index (χ0v) is 18.4. The van der Waals surface area contributed by atoms with Crippen molar-refractivity contribution < 1.29 is 8.42 Å². The van der Waals surface area contributed by atoms with Crippen LogP contribution in [-0.2, 0) is 23.6 Å². The van der Waals surface area contributed by atoms with Crippen molar-refractivity contribution in [2.75, 3.05) is 0 Å². The smallest absolute Gasteiger partial charge is 0.267 e. The van der Waals surface area contributed by atoms with Crippen molar-refractivity contribution in [2.45, 2.75) is 25.3 Å². The molecule has 0 atom stereocenters. The third-order valence-corrected chi connectivity index (χ3v) is 6.78. The summed E-state index contributed by atoms with van der Waals surface area (Å²) in [7, 11) is -2.00. The van der Waals surface area contributed by atoms with E-state index in [1.54, 1.807) is 37.4 Å². The van der Waals surface area contributed by atoms with Gasteiger partial charge in [0.2, 0.25) is 10.0 Å². The molecule has 0 fully saturated rings. The normalized spacial score (nSPS) is 11.7. The predicted octanol–water partition coefficient (Wildman–Crippen LogP) is 3.70. The lowest BCUT2D eigenvalue weighted by Gasteiger charge is -2.13. The second kappa shape index (κ2) is 8.09. The summed E-state index contributed by atoms with van der Waals surface area (Å²) in [5.74, 6) is 0. The van der Waals surface area contributed by atoms with E-state index in [1.165, 1.54) is 4.68 Å². The average molecular weight is 434 g/mol. The number of fused-ring (bicyclic) bond motifs is 1. The third kappa shape index (κ3) is 4.15. The summed E-state index contributed by atoms with van der Waals surface area (Å²) in [6.45, 7) is 4.00. The molecule has 0 aliphatic rings. The molecular formula is C24H23N3O3S. The number of sulfonamides is 1. The van der Waals surface area contributed by atoms with Crippen molar-refractivity contribution in [3.8, 4) is 11.3 Å². The maximum Gasteiger partial charge on any atom is 0.274 e. The molecule has 7 heteroatoms. The molecule has 0 radical (unpaired) electrons. The molecule has 6 nitrogen and oxygen atoms in total. The molecule has 0 spiro atoms. The molecule has 0 amide bonds. The first kappa shape index (κ1) is 21.0. The Morgan fingerprint density at radius 1 is 0.935 bits per heavy atom. The largest absolute Gasteiger partial charge is 0.274 e. The summed E-state index contributed by atoms with van der Waals surface area (Å²) >= 11 is 0. The van der Waals surface area contributed by atoms with Gasteiger partial charge in [-0.2, -0.15) is 5.10 Å². The Balaban J connectivity index is 1.70. The monoisotopic (exact) mass is 433 g/mol. The van der Waals surface area contributed by atoms with Crippen molar-refractivity contribution in [3.05, 3.63) is 93.8 Å². The molecule has 0 aliphatic carbocycles. The van der Waals surface area contributed by atoms with Crippen LogP contribution in [0.4, 0.5) is 0 Å². The second-order valence-corrected chi connectivity index (χ2v) is 9.37. The van der Waals surface area contributed by atoms with E-state index in [2.05, 4.69) is 9.82 Å². The summed E-state index contributed by atoms with van der Waals surface area (Å²) in [5.41, 5.74) is 4.15. The Bertz CT molecular complexity index is 1440. The average Bonchev–Trinajstić information content (AvgIpc) is 2.76. The van der Waals surface area contributed by atoms with E-state index in [0.29, 0.717) is 11.1 Å². The van der Waals surface area contributed by atoms with Gasteiger partial charge in [0.1, 0.15) is 0 Å². The topological polar surface area (TPSA) is 81.1 Å². The standard InChI is InChI=1S/C24H23N3O3S/c1-16-8-12-20(13-9-16)31(29,30)25-15-19-14-18(11-10-17(19)2)23-21-6-4-5-7-22(21)24(28)27(3)26-23/h4-14,25H,15H2,1-3H3. The highest BCUT2D eigenvalue weighted by atomic mass is 32.2. The van der Waals surface area contributed by atoms with Crippen LogP contribution in [0.25, 0.3) is 22.0 Å². The summed E-state index contributed by atoms with van der Waals surface area (Å²) in [4.78, 5) is 12.7. The highest BCUT2D eigenvalue weighted by Gasteiger charge is 2.15. The van der Waals surface area contributed by atoms with Crippen LogP contribution in [0.3, 0.4) is 0 Å². The van der Waals surface area contributed by atoms with Gasteiger partial charge < -0.3 is 0 Å². The fraction of sp³-hybridized carbons (Fsp3) is 0.167. The molecule has 1 N–H and O–H groups in total. The number of rotatable bonds is 5. The first-order chi connectivity index (χ1) is 14.8. The highest BCUT2D eigenvalue weighted by molar-refractivity contribution is 7.89. The van der Waals surface area contributed by atoms with Gasteiger partial charge in [0.25, 0.3) is 5.56 Å². The minimum atomic E-state index is -3.63. The first-order valence-electron chi connectivity index (χ1n) is 9.88. The van der Waals surface area contributed by atoms with E-state index >= 15 is 0 Å². The Labute approximate surface area is 181 Å². The van der Waals surface area contributed by atoms with Gasteiger partial charge in [-0.15, -0.1) is 0 Å². The quantitative estimate of drug-likeness (QED) is 0.520. The van der Waals surface area contributed by atoms with Gasteiger partial charge >= 0.3 is 0 Å². The molecule has 0 aliphatic heterocycles. The number of hydrogen-bond acceptors (Lipinski definition) is 4. The van der Waals surface area contributed by atoms with Crippen LogP contribution >= 0.6 is 0 Å². The Morgan fingerprint density at radius 2 is 1.61 bits per heavy atom. The minimum absolute atomic E-state index is 0.152. The number of aryl methyl sites for hydroxylation is 3. The van der Waals surface area contributed by atoms with Crippen molar-refractivity contribution in [1.82, 2.24) is 14.5 Å². The van der Waals surface area contributed by atoms with E-state index in [-0.39, 0.29) is 17.0 Å². The van der Waals surface area contributed by atoms with E-state index in [4.69, 9.17) is 0 Å². The van der Waals surface area contributed by atoms with Gasteiger partial charge in [-0.1, -0.05) is 48.0 Å². The predicted molar refractivity (Wildman–Crippen MR) is 122 cm³/mol. The summed E-state index contributed by atoms with van der Waals surface area (Å²) in [6, 6.07) is 19.9. The van der Waals surface area contributed by atoms with Crippen LogP contribution in [0.5, 0.6) is 0 Å². The minimum Gasteiger partial charge on any atom is -0.267 e. The lowest BCUT2D eigenvalue weighted by atomic mass is 10.00. The van der Waals surface area contributed by atoms with Crippen LogP contribution in [0, 0.1) is 13.8 Å². The maximum absolute atomic E-state index is 12.7. The van der Waals surface area contributed by atoms with Crippen LogP contribution < -0.4 is 10.3 Å². The van der Waals surface area contributed by atoms with Crippen molar-refractivity contribution in [3.63, 3.8) is 0 Å². The summed E-state index contributed by atoms with van der Waals surface area (Å²) in [6.07, 6.45) is 0. The SMILES string of the molecule is Cc1ccc(S(=O)(=O)NCc2cc(-c3nn(C)c(=O)c4ccccc34)ccc2C)cc1. The van der Waals surface area contributed by atoms with Gasteiger partial charge in [0, 0.05) is 24.5 Å². The molecule has 0 saturated heterocycles. The Hall–Kier alpha value is -3.29. The van der Waals surface area contributed by atoms with Gasteiger partial charge in [-0.05, 0) is 49.2 Å².